The number of hydrogen-bond donors (Lipinski definition) is 0. The number of rotatable bonds is 10. The molecule has 1 aliphatic rings. The lowest BCUT2D eigenvalue weighted by Crippen LogP contribution is -2.42. The topological polar surface area (TPSA) is 103 Å². The molecule has 0 N–H and O–H groups in total. The summed E-state index contributed by atoms with van der Waals surface area (Å²) in [6.45, 7) is 24.2. The number of amides is 2. The number of carbonyl (C=O) groups excluding carboxylic acids is 2. The third-order valence-electron chi connectivity index (χ3n) is 6.53. The Labute approximate surface area is 242 Å². The van der Waals surface area contributed by atoms with Gasteiger partial charge in [-0.25, -0.2) is 14.8 Å². The smallest absolute Gasteiger partial charge is 0.428 e. The normalized spacial score (nSPS) is 14.2. The Kier molecular flexibility index (Phi) is 11.4. The van der Waals surface area contributed by atoms with E-state index in [1.165, 1.54) is 11.1 Å². The molecular weight excluding hydrogens is 545 g/mol. The molecule has 224 valence electrons. The first kappa shape index (κ1) is 33.7. The highest BCUT2D eigenvalue weighted by Gasteiger charge is 2.37. The van der Waals surface area contributed by atoms with Crippen LogP contribution in [0.5, 0.6) is 5.88 Å². The molecule has 0 aromatic carbocycles. The molecular formula is C28H48N4O6Si2. The average molecular weight is 593 g/mol. The van der Waals surface area contributed by atoms with Crippen LogP contribution in [-0.4, -0.2) is 70.5 Å². The van der Waals surface area contributed by atoms with Crippen molar-refractivity contribution in [3.05, 3.63) is 6.20 Å². The highest BCUT2D eigenvalue weighted by molar-refractivity contribution is 6.76. The van der Waals surface area contributed by atoms with Crippen LogP contribution >= 0.6 is 0 Å². The van der Waals surface area contributed by atoms with E-state index in [0.29, 0.717) is 19.6 Å². The predicted molar refractivity (Wildman–Crippen MR) is 163 cm³/mol. The third-order valence-corrected chi connectivity index (χ3v) is 12.8. The standard InChI is InChI=1S/C28H48N4O6Si2/c1-27(2,3)38-26(34)31(15-13-12-14-16-37-40(10,11)28(4,5)6)22-19-29-25-24(30-22)32(23(33)20-36-25)21-35-17-18-39(7,8)9/h19H,12,14,16-18,20-21H2,1-11H3. The van der Waals surface area contributed by atoms with Crippen LogP contribution in [0.3, 0.4) is 0 Å². The first-order valence-electron chi connectivity index (χ1n) is 13.8. The largest absolute Gasteiger partial charge is 0.465 e. The van der Waals surface area contributed by atoms with Gasteiger partial charge in [-0.15, -0.1) is 0 Å². The van der Waals surface area contributed by atoms with Gasteiger partial charge in [0.05, 0.1) is 6.20 Å². The first-order valence-corrected chi connectivity index (χ1v) is 20.5. The van der Waals surface area contributed by atoms with Crippen LogP contribution in [0.2, 0.25) is 43.8 Å². The van der Waals surface area contributed by atoms with E-state index in [2.05, 4.69) is 75.4 Å². The van der Waals surface area contributed by atoms with Crippen molar-refractivity contribution in [3.8, 4) is 17.8 Å². The molecule has 0 atom stereocenters. The fraction of sp³-hybridized carbons (Fsp3) is 0.714. The maximum Gasteiger partial charge on any atom is 0.428 e. The number of unbranched alkanes of at least 4 members (excludes halogenated alkanes) is 1. The number of fused-ring (bicyclic) bond motifs is 1. The minimum Gasteiger partial charge on any atom is -0.465 e. The van der Waals surface area contributed by atoms with Crippen LogP contribution in [-0.2, 0) is 18.7 Å². The highest BCUT2D eigenvalue weighted by Crippen LogP contribution is 2.36. The van der Waals surface area contributed by atoms with E-state index < -0.39 is 28.1 Å². The number of ether oxygens (including phenoxy) is 3. The van der Waals surface area contributed by atoms with E-state index in [4.69, 9.17) is 18.6 Å². The second kappa shape index (κ2) is 13.5. The van der Waals surface area contributed by atoms with Gasteiger partial charge in [0.25, 0.3) is 11.8 Å². The van der Waals surface area contributed by atoms with Crippen LogP contribution in [0, 0.1) is 12.0 Å². The number of anilines is 2. The second-order valence-corrected chi connectivity index (χ2v) is 24.1. The van der Waals surface area contributed by atoms with Gasteiger partial charge in [-0.05, 0) is 51.4 Å². The molecule has 2 rings (SSSR count). The van der Waals surface area contributed by atoms with Gasteiger partial charge in [-0.1, -0.05) is 46.3 Å². The van der Waals surface area contributed by atoms with E-state index in [1.807, 2.05) is 0 Å². The van der Waals surface area contributed by atoms with Gasteiger partial charge >= 0.3 is 6.09 Å². The van der Waals surface area contributed by atoms with Crippen molar-refractivity contribution < 1.29 is 28.2 Å². The van der Waals surface area contributed by atoms with Crippen LogP contribution in [0.15, 0.2) is 6.20 Å². The van der Waals surface area contributed by atoms with Gasteiger partial charge in [0.15, 0.2) is 20.7 Å². The lowest BCUT2D eigenvalue weighted by atomic mass is 10.2. The lowest BCUT2D eigenvalue weighted by molar-refractivity contribution is -0.122. The lowest BCUT2D eigenvalue weighted by Gasteiger charge is -2.36. The minimum atomic E-state index is -1.84. The minimum absolute atomic E-state index is 0.0180. The number of aromatic nitrogens is 2. The molecule has 1 aliphatic heterocycles. The molecule has 2 amide bonds. The predicted octanol–water partition coefficient (Wildman–Crippen LogP) is 6.02. The van der Waals surface area contributed by atoms with Crippen molar-refractivity contribution in [3.63, 3.8) is 0 Å². The zero-order valence-electron chi connectivity index (χ0n) is 26.3. The van der Waals surface area contributed by atoms with Gasteiger partial charge < -0.3 is 18.6 Å². The molecule has 40 heavy (non-hydrogen) atoms. The maximum absolute atomic E-state index is 13.1. The van der Waals surface area contributed by atoms with Gasteiger partial charge in [0.1, 0.15) is 12.3 Å². The SMILES string of the molecule is CC(C)(C)OC(=O)N(C#CCCCO[Si](C)(C)C(C)(C)C)c1cnc2c(n1)N(COCC[Si](C)(C)C)C(=O)CO2. The fourth-order valence-electron chi connectivity index (χ4n) is 3.08. The Morgan fingerprint density at radius 3 is 2.40 bits per heavy atom. The summed E-state index contributed by atoms with van der Waals surface area (Å²) in [6.07, 6.45) is 1.94. The van der Waals surface area contributed by atoms with E-state index >= 15 is 0 Å². The van der Waals surface area contributed by atoms with Crippen LogP contribution in [0.4, 0.5) is 16.4 Å². The van der Waals surface area contributed by atoms with Crippen molar-refractivity contribution in [2.24, 2.45) is 0 Å². The van der Waals surface area contributed by atoms with Crippen molar-refractivity contribution in [1.82, 2.24) is 9.97 Å². The van der Waals surface area contributed by atoms with Gasteiger partial charge in [0, 0.05) is 33.8 Å². The molecule has 0 spiro atoms. The van der Waals surface area contributed by atoms with Crippen LogP contribution in [0.1, 0.15) is 54.4 Å². The number of carbonyl (C=O) groups is 2. The van der Waals surface area contributed by atoms with E-state index in [-0.39, 0.29) is 41.8 Å². The number of nitrogens with zero attached hydrogens (tertiary/aromatic N) is 4. The van der Waals surface area contributed by atoms with Crippen molar-refractivity contribution in [2.75, 3.05) is 36.4 Å². The molecule has 10 nitrogen and oxygen atoms in total. The zero-order chi connectivity index (χ0) is 30.4. The summed E-state index contributed by atoms with van der Waals surface area (Å²) in [6, 6.07) is 3.84. The summed E-state index contributed by atoms with van der Waals surface area (Å²) >= 11 is 0. The Hall–Kier alpha value is -2.47. The Balaban J connectivity index is 2.23. The summed E-state index contributed by atoms with van der Waals surface area (Å²) in [5.74, 6) is 3.24. The summed E-state index contributed by atoms with van der Waals surface area (Å²) in [4.78, 5) is 37.2. The van der Waals surface area contributed by atoms with Crippen LogP contribution < -0.4 is 14.5 Å². The first-order chi connectivity index (χ1) is 18.3. The maximum atomic E-state index is 13.1. The summed E-state index contributed by atoms with van der Waals surface area (Å²) in [5.41, 5.74) is -0.745. The molecule has 1 aromatic heterocycles. The molecule has 0 saturated heterocycles. The Bertz CT molecular complexity index is 1100. The summed E-state index contributed by atoms with van der Waals surface area (Å²) in [7, 11) is -3.12. The quantitative estimate of drug-likeness (QED) is 0.141. The van der Waals surface area contributed by atoms with Gasteiger partial charge in [0.2, 0.25) is 5.82 Å². The van der Waals surface area contributed by atoms with Crippen LogP contribution in [0.25, 0.3) is 0 Å². The Morgan fingerprint density at radius 1 is 1.12 bits per heavy atom. The second-order valence-electron chi connectivity index (χ2n) is 13.6. The fourth-order valence-corrected chi connectivity index (χ4v) is 4.93. The molecule has 0 aliphatic carbocycles. The molecule has 2 heterocycles. The van der Waals surface area contributed by atoms with E-state index in [0.717, 1.165) is 17.4 Å². The molecule has 12 heteroatoms. The van der Waals surface area contributed by atoms with Crippen molar-refractivity contribution >= 4 is 40.0 Å². The number of hydrogen-bond acceptors (Lipinski definition) is 8. The molecule has 0 bridgehead atoms. The van der Waals surface area contributed by atoms with E-state index in [1.54, 1.807) is 20.8 Å². The van der Waals surface area contributed by atoms with Gasteiger partial charge in [-0.2, -0.15) is 4.90 Å². The molecule has 0 unspecified atom stereocenters. The van der Waals surface area contributed by atoms with Crippen molar-refractivity contribution in [2.45, 2.75) is 104 Å². The van der Waals surface area contributed by atoms with Gasteiger partial charge in [-0.3, -0.25) is 9.69 Å². The van der Waals surface area contributed by atoms with Crippen molar-refractivity contribution in [1.29, 1.82) is 0 Å². The summed E-state index contributed by atoms with van der Waals surface area (Å²) < 4.78 is 23.1. The molecule has 0 fully saturated rings. The molecule has 1 aromatic rings. The van der Waals surface area contributed by atoms with E-state index in [9.17, 15) is 9.59 Å². The molecule has 0 saturated carbocycles. The summed E-state index contributed by atoms with van der Waals surface area (Å²) in [5, 5.41) is 0.135. The zero-order valence-corrected chi connectivity index (χ0v) is 28.3. The monoisotopic (exact) mass is 592 g/mol. The third kappa shape index (κ3) is 10.5. The molecule has 0 radical (unpaired) electrons. The highest BCUT2D eigenvalue weighted by atomic mass is 28.4. The average Bonchev–Trinajstić information content (AvgIpc) is 2.79. The Morgan fingerprint density at radius 2 is 1.80 bits per heavy atom.